The van der Waals surface area contributed by atoms with E-state index in [0.717, 1.165) is 0 Å². The molecule has 0 saturated heterocycles. The molecule has 21 heteroatoms. The lowest BCUT2D eigenvalue weighted by molar-refractivity contribution is 0.352. The molecule has 0 bridgehead atoms. The maximum absolute atomic E-state index is 8.52. The molecule has 0 radical (unpaired) electrons. The van der Waals surface area contributed by atoms with Crippen LogP contribution in [-0.4, -0.2) is 105 Å². The first-order valence-electron chi connectivity index (χ1n) is 0.667. The molecule has 0 aliphatic rings. The Hall–Kier alpha value is -0.770. The zero-order chi connectivity index (χ0) is 4.50. The average molecular weight is 384 g/mol. The second kappa shape index (κ2) is 234. The highest BCUT2D eigenvalue weighted by Crippen LogP contribution is 1.57. The Morgan fingerprint density at radius 1 is 0.333 bits per heavy atom. The van der Waals surface area contributed by atoms with Gasteiger partial charge in [0, 0.05) is 10.4 Å². The van der Waals surface area contributed by atoms with Gasteiger partial charge in [-0.1, -0.05) is 0 Å². The Bertz CT molecular complexity index is 89.0. The molecule has 0 unspecified atom stereocenters. The Morgan fingerprint density at radius 3 is 0.333 bits per heavy atom. The molecule has 0 aliphatic carbocycles. The zero-order valence-corrected chi connectivity index (χ0v) is 10.9. The van der Waals surface area contributed by atoms with Crippen molar-refractivity contribution in [2.75, 3.05) is 0 Å². The summed E-state index contributed by atoms with van der Waals surface area (Å²) >= 11 is 0. The molecule has 0 fully saturated rings. The summed E-state index contributed by atoms with van der Waals surface area (Å²) in [5.41, 5.74) is 0. The number of hydrogen-bond donors (Lipinski definition) is 0. The summed E-state index contributed by atoms with van der Waals surface area (Å²) in [5.74, 6) is 0. The fourth-order valence-corrected chi connectivity index (χ4v) is 0. The summed E-state index contributed by atoms with van der Waals surface area (Å²) < 4.78 is 34.1. The standard InChI is InChI=1S/H2O4S.16H2O/c1-5(2,3)4;;;;;;;;;;;;;;;;/h(H2,1,2,3,4);16*1H2/p-2. The Balaban J connectivity index is -0.000000000667. The third kappa shape index (κ3) is 9630. The van der Waals surface area contributed by atoms with E-state index >= 15 is 0 Å². The first kappa shape index (κ1) is 717. The fourth-order valence-electron chi connectivity index (χ4n) is 0. The average Bonchev–Trinajstić information content (AvgIpc) is 0.722. The van der Waals surface area contributed by atoms with Crippen LogP contribution in [0.15, 0.2) is 0 Å². The number of rotatable bonds is 0. The smallest absolute Gasteiger partial charge is 0.0311 e. The van der Waals surface area contributed by atoms with Crippen molar-refractivity contribution in [1.29, 1.82) is 0 Å². The highest BCUT2D eigenvalue weighted by Gasteiger charge is 1.49. The van der Waals surface area contributed by atoms with Crippen LogP contribution in [0, 0.1) is 0 Å². The lowest BCUT2D eigenvalue weighted by atomic mass is 15.8. The van der Waals surface area contributed by atoms with E-state index in [9.17, 15) is 0 Å². The van der Waals surface area contributed by atoms with Gasteiger partial charge in [-0.25, -0.2) is 0 Å². The van der Waals surface area contributed by atoms with Crippen molar-refractivity contribution in [3.8, 4) is 0 Å². The molecule has 0 amide bonds. The Kier molecular flexibility index (Phi) is 7980. The molecular weight excluding hydrogens is 352 g/mol. The van der Waals surface area contributed by atoms with Gasteiger partial charge in [0.15, 0.2) is 0 Å². The third-order valence-electron chi connectivity index (χ3n) is 0. The summed E-state index contributed by atoms with van der Waals surface area (Å²) in [6.45, 7) is 0. The van der Waals surface area contributed by atoms with E-state index in [1.807, 2.05) is 0 Å². The summed E-state index contributed by atoms with van der Waals surface area (Å²) in [4.78, 5) is 0. The first-order valence-corrected chi connectivity index (χ1v) is 2.00. The van der Waals surface area contributed by atoms with E-state index in [0.29, 0.717) is 0 Å². The highest BCUT2D eigenvalue weighted by atomic mass is 32.3. The molecule has 0 aliphatic heterocycles. The van der Waals surface area contributed by atoms with Gasteiger partial charge in [0.2, 0.25) is 0 Å². The highest BCUT2D eigenvalue weighted by molar-refractivity contribution is 7.79. The Morgan fingerprint density at radius 2 is 0.333 bits per heavy atom. The normalized spacial score (nSPS) is 2.76. The quantitative estimate of drug-likeness (QED) is 0.289. The van der Waals surface area contributed by atoms with Gasteiger partial charge < -0.3 is 96.7 Å². The van der Waals surface area contributed by atoms with Crippen LogP contribution in [0.5, 0.6) is 0 Å². The molecule has 0 heterocycles. The van der Waals surface area contributed by atoms with Gasteiger partial charge in [-0.05, 0) is 0 Å². The van der Waals surface area contributed by atoms with Gasteiger partial charge in [-0.15, -0.1) is 0 Å². The van der Waals surface area contributed by atoms with Crippen LogP contribution >= 0.6 is 0 Å². The van der Waals surface area contributed by atoms with Crippen LogP contribution in [0.2, 0.25) is 0 Å². The summed E-state index contributed by atoms with van der Waals surface area (Å²) in [6, 6.07) is 0. The van der Waals surface area contributed by atoms with Crippen LogP contribution in [0.1, 0.15) is 0 Å². The van der Waals surface area contributed by atoms with Crippen LogP contribution in [0.4, 0.5) is 0 Å². The molecule has 0 atom stereocenters. The molecule has 0 aromatic carbocycles. The molecule has 0 rings (SSSR count). The van der Waals surface area contributed by atoms with E-state index in [2.05, 4.69) is 0 Å². The van der Waals surface area contributed by atoms with E-state index in [4.69, 9.17) is 17.5 Å². The maximum atomic E-state index is 8.52. The maximum Gasteiger partial charge on any atom is 0.0311 e. The van der Waals surface area contributed by atoms with E-state index in [-0.39, 0.29) is 87.6 Å². The molecule has 0 spiro atoms. The van der Waals surface area contributed by atoms with E-state index < -0.39 is 10.4 Å². The van der Waals surface area contributed by atoms with Gasteiger partial charge in [0.1, 0.15) is 0 Å². The van der Waals surface area contributed by atoms with Crippen LogP contribution in [0.3, 0.4) is 0 Å². The van der Waals surface area contributed by atoms with Gasteiger partial charge in [0.25, 0.3) is 0 Å². The minimum atomic E-state index is -5.17. The summed E-state index contributed by atoms with van der Waals surface area (Å²) in [7, 11) is -5.17. The topological polar surface area (TPSA) is 584 Å². The number of hydrogen-bond acceptors (Lipinski definition) is 4. The van der Waals surface area contributed by atoms with Crippen LogP contribution < -0.4 is 0 Å². The largest absolute Gasteiger partial charge is 0.759 e. The predicted molar refractivity (Wildman–Crippen MR) is 68.3 cm³/mol. The zero-order valence-electron chi connectivity index (χ0n) is 10.0. The molecule has 0 saturated carbocycles. The lowest BCUT2D eigenvalue weighted by Crippen LogP contribution is -1.91. The van der Waals surface area contributed by atoms with Crippen molar-refractivity contribution in [1.82, 2.24) is 0 Å². The van der Waals surface area contributed by atoms with Gasteiger partial charge >= 0.3 is 0 Å². The summed E-state index contributed by atoms with van der Waals surface area (Å²) in [5, 5.41) is 0. The molecule has 32 N–H and O–H groups in total. The van der Waals surface area contributed by atoms with Crippen molar-refractivity contribution in [2.24, 2.45) is 0 Å². The predicted octanol–water partition coefficient (Wildman–Crippen LogP) is -14.5. The second-order valence-electron chi connectivity index (χ2n) is 0.408. The SMILES string of the molecule is O.O.O.O.O.O.O.O.O.O.O.O.O.O.O.O.O=S(=O)([O-])[O-]. The van der Waals surface area contributed by atoms with Crippen molar-refractivity contribution in [2.45, 2.75) is 0 Å². The van der Waals surface area contributed by atoms with Crippen molar-refractivity contribution in [3.05, 3.63) is 0 Å². The molecule has 21 heavy (non-hydrogen) atoms. The van der Waals surface area contributed by atoms with Gasteiger partial charge in [0.05, 0.1) is 0 Å². The monoisotopic (exact) mass is 384 g/mol. The second-order valence-corrected chi connectivity index (χ2v) is 1.22. The van der Waals surface area contributed by atoms with Gasteiger partial charge in [-0.2, -0.15) is 0 Å². The minimum Gasteiger partial charge on any atom is -0.759 e. The first-order chi connectivity index (χ1) is 2.00. The molecule has 20 nitrogen and oxygen atoms in total. The third-order valence-corrected chi connectivity index (χ3v) is 0. The van der Waals surface area contributed by atoms with Crippen LogP contribution in [-0.2, 0) is 10.4 Å². The lowest BCUT2D eigenvalue weighted by Gasteiger charge is -2.06. The van der Waals surface area contributed by atoms with Crippen molar-refractivity contribution in [3.63, 3.8) is 0 Å². The van der Waals surface area contributed by atoms with E-state index in [1.54, 1.807) is 0 Å². The molecule has 160 valence electrons. The van der Waals surface area contributed by atoms with Crippen LogP contribution in [0.25, 0.3) is 0 Å². The summed E-state index contributed by atoms with van der Waals surface area (Å²) in [6.07, 6.45) is 0. The van der Waals surface area contributed by atoms with E-state index in [1.165, 1.54) is 0 Å². The molecule has 0 aromatic rings. The minimum absolute atomic E-state index is 0. The molecule has 0 aromatic heterocycles. The van der Waals surface area contributed by atoms with Crippen molar-refractivity contribution >= 4 is 10.4 Å². The molecular formula is H32O20S-2. The Labute approximate surface area is 117 Å². The fraction of sp³-hybridized carbons (Fsp3) is 0. The van der Waals surface area contributed by atoms with Crippen molar-refractivity contribution < 1.29 is 105 Å². The van der Waals surface area contributed by atoms with Gasteiger partial charge in [-0.3, -0.25) is 8.42 Å².